The van der Waals surface area contributed by atoms with Crippen molar-refractivity contribution in [3.05, 3.63) is 28.3 Å². The van der Waals surface area contributed by atoms with Gasteiger partial charge in [-0.3, -0.25) is 14.9 Å². The van der Waals surface area contributed by atoms with E-state index in [1.807, 2.05) is 0 Å². The number of benzene rings is 1. The molecule has 1 aliphatic carbocycles. The summed E-state index contributed by atoms with van der Waals surface area (Å²) >= 11 is 1.39. The van der Waals surface area contributed by atoms with E-state index in [-0.39, 0.29) is 17.8 Å². The highest BCUT2D eigenvalue weighted by molar-refractivity contribution is 7.15. The molecule has 2 aromatic rings. The molecule has 1 heterocycles. The summed E-state index contributed by atoms with van der Waals surface area (Å²) in [5.41, 5.74) is 1.29. The van der Waals surface area contributed by atoms with Crippen molar-refractivity contribution in [1.82, 2.24) is 4.98 Å². The standard InChI is InChI=1S/C20H24N2O6S/c1-5-28-19(24)11-6-7-13-16(10-11)29-20(21-13)22-18(23)12-8-14(25-2)17(27-4)15(9-12)26-3/h8-9,11H,5-7,10H2,1-4H3,(H,21,22,23). The van der Waals surface area contributed by atoms with E-state index in [4.69, 9.17) is 18.9 Å². The van der Waals surface area contributed by atoms with E-state index in [0.29, 0.717) is 53.8 Å². The Morgan fingerprint density at radius 3 is 2.45 bits per heavy atom. The molecule has 8 nitrogen and oxygen atoms in total. The molecule has 0 radical (unpaired) electrons. The third kappa shape index (κ3) is 4.45. The lowest BCUT2D eigenvalue weighted by molar-refractivity contribution is -0.148. The van der Waals surface area contributed by atoms with Gasteiger partial charge in [0.1, 0.15) is 0 Å². The first-order chi connectivity index (χ1) is 14.0. The molecule has 1 aliphatic rings. The molecule has 29 heavy (non-hydrogen) atoms. The van der Waals surface area contributed by atoms with Crippen molar-refractivity contribution in [1.29, 1.82) is 0 Å². The van der Waals surface area contributed by atoms with Crippen molar-refractivity contribution in [3.8, 4) is 17.2 Å². The molecule has 9 heteroatoms. The summed E-state index contributed by atoms with van der Waals surface area (Å²) in [6.45, 7) is 2.18. The lowest BCUT2D eigenvalue weighted by Crippen LogP contribution is -2.24. The molecule has 1 aromatic carbocycles. The molecule has 0 fully saturated rings. The highest BCUT2D eigenvalue weighted by atomic mass is 32.1. The summed E-state index contributed by atoms with van der Waals surface area (Å²) in [7, 11) is 4.49. The van der Waals surface area contributed by atoms with E-state index in [0.717, 1.165) is 10.6 Å². The number of nitrogens with zero attached hydrogens (tertiary/aromatic N) is 1. The first kappa shape index (κ1) is 20.9. The summed E-state index contributed by atoms with van der Waals surface area (Å²) in [6, 6.07) is 3.17. The maximum absolute atomic E-state index is 12.8. The second-order valence-corrected chi connectivity index (χ2v) is 7.53. The van der Waals surface area contributed by atoms with Crippen LogP contribution in [0.15, 0.2) is 12.1 Å². The minimum atomic E-state index is -0.336. The van der Waals surface area contributed by atoms with Crippen molar-refractivity contribution in [3.63, 3.8) is 0 Å². The first-order valence-electron chi connectivity index (χ1n) is 9.27. The average molecular weight is 420 g/mol. The molecule has 1 unspecified atom stereocenters. The number of methoxy groups -OCH3 is 3. The van der Waals surface area contributed by atoms with E-state index in [1.54, 1.807) is 19.1 Å². The van der Waals surface area contributed by atoms with Crippen LogP contribution in [0.5, 0.6) is 17.2 Å². The van der Waals surface area contributed by atoms with Crippen LogP contribution < -0.4 is 19.5 Å². The minimum Gasteiger partial charge on any atom is -0.493 e. The number of aryl methyl sites for hydroxylation is 1. The van der Waals surface area contributed by atoms with Crippen LogP contribution in [-0.4, -0.2) is 44.8 Å². The third-order valence-electron chi connectivity index (χ3n) is 4.71. The van der Waals surface area contributed by atoms with Gasteiger partial charge in [0.05, 0.1) is 39.5 Å². The highest BCUT2D eigenvalue weighted by Crippen LogP contribution is 2.39. The average Bonchev–Trinajstić information content (AvgIpc) is 3.13. The van der Waals surface area contributed by atoms with Crippen LogP contribution >= 0.6 is 11.3 Å². The zero-order chi connectivity index (χ0) is 21.0. The third-order valence-corrected chi connectivity index (χ3v) is 5.74. The van der Waals surface area contributed by atoms with Crippen LogP contribution in [0.2, 0.25) is 0 Å². The molecule has 0 saturated carbocycles. The van der Waals surface area contributed by atoms with Gasteiger partial charge >= 0.3 is 5.97 Å². The summed E-state index contributed by atoms with van der Waals surface area (Å²) in [5.74, 6) is 0.551. The maximum atomic E-state index is 12.8. The van der Waals surface area contributed by atoms with Crippen molar-refractivity contribution in [2.24, 2.45) is 5.92 Å². The number of anilines is 1. The van der Waals surface area contributed by atoms with Crippen molar-refractivity contribution < 1.29 is 28.5 Å². The number of ether oxygens (including phenoxy) is 4. The predicted molar refractivity (Wildman–Crippen MR) is 108 cm³/mol. The number of aromatic nitrogens is 1. The van der Waals surface area contributed by atoms with Crippen molar-refractivity contribution in [2.45, 2.75) is 26.2 Å². The number of fused-ring (bicyclic) bond motifs is 1. The van der Waals surface area contributed by atoms with Crippen molar-refractivity contribution >= 4 is 28.3 Å². The second kappa shape index (κ2) is 9.13. The molecule has 1 amide bonds. The number of carbonyl (C=O) groups is 2. The number of nitrogens with one attached hydrogen (secondary N) is 1. The van der Waals surface area contributed by atoms with Crippen LogP contribution in [0.25, 0.3) is 0 Å². The molecule has 1 atom stereocenters. The van der Waals surface area contributed by atoms with E-state index in [2.05, 4.69) is 10.3 Å². The summed E-state index contributed by atoms with van der Waals surface area (Å²) in [5, 5.41) is 3.32. The molecule has 0 spiro atoms. The number of carbonyl (C=O) groups excluding carboxylic acids is 2. The van der Waals surface area contributed by atoms with Crippen molar-refractivity contribution in [2.75, 3.05) is 33.3 Å². The summed E-state index contributed by atoms with van der Waals surface area (Å²) in [6.07, 6.45) is 1.98. The quantitative estimate of drug-likeness (QED) is 0.688. The van der Waals surface area contributed by atoms with Crippen LogP contribution in [0.4, 0.5) is 5.13 Å². The SMILES string of the molecule is CCOC(=O)C1CCc2nc(NC(=O)c3cc(OC)c(OC)c(OC)c3)sc2C1. The minimum absolute atomic E-state index is 0.151. The maximum Gasteiger partial charge on any atom is 0.309 e. The molecular weight excluding hydrogens is 396 g/mol. The van der Waals surface area contributed by atoms with Gasteiger partial charge in [0.2, 0.25) is 5.75 Å². The van der Waals surface area contributed by atoms with Gasteiger partial charge in [-0.25, -0.2) is 4.98 Å². The normalized spacial score (nSPS) is 15.2. The van der Waals surface area contributed by atoms with Gasteiger partial charge in [0, 0.05) is 10.4 Å². The summed E-state index contributed by atoms with van der Waals surface area (Å²) < 4.78 is 21.0. The first-order valence-corrected chi connectivity index (χ1v) is 10.1. The predicted octanol–water partition coefficient (Wildman–Crippen LogP) is 3.09. The van der Waals surface area contributed by atoms with E-state index in [1.165, 1.54) is 32.7 Å². The molecule has 3 rings (SSSR count). The van der Waals surface area contributed by atoms with Crippen LogP contribution in [-0.2, 0) is 22.4 Å². The zero-order valence-electron chi connectivity index (χ0n) is 16.9. The van der Waals surface area contributed by atoms with Crippen LogP contribution in [0.1, 0.15) is 34.3 Å². The second-order valence-electron chi connectivity index (χ2n) is 6.45. The molecule has 0 saturated heterocycles. The fourth-order valence-corrected chi connectivity index (χ4v) is 4.35. The van der Waals surface area contributed by atoms with E-state index in [9.17, 15) is 9.59 Å². The van der Waals surface area contributed by atoms with Gasteiger partial charge in [-0.05, 0) is 38.3 Å². The Kier molecular flexibility index (Phi) is 6.58. The molecular formula is C20H24N2O6S. The molecule has 1 N–H and O–H groups in total. The highest BCUT2D eigenvalue weighted by Gasteiger charge is 2.29. The number of amides is 1. The Balaban J connectivity index is 1.77. The largest absolute Gasteiger partial charge is 0.493 e. The van der Waals surface area contributed by atoms with Gasteiger partial charge in [0.15, 0.2) is 16.6 Å². The Morgan fingerprint density at radius 2 is 1.86 bits per heavy atom. The van der Waals surface area contributed by atoms with Gasteiger partial charge in [0.25, 0.3) is 5.91 Å². The smallest absolute Gasteiger partial charge is 0.309 e. The number of hydrogen-bond donors (Lipinski definition) is 1. The van der Waals surface area contributed by atoms with Gasteiger partial charge in [-0.2, -0.15) is 0 Å². The molecule has 0 bridgehead atoms. The Labute approximate surface area is 173 Å². The lowest BCUT2D eigenvalue weighted by atomic mass is 9.91. The Morgan fingerprint density at radius 1 is 1.17 bits per heavy atom. The van der Waals surface area contributed by atoms with Crippen LogP contribution in [0.3, 0.4) is 0 Å². The Bertz CT molecular complexity index is 885. The monoisotopic (exact) mass is 420 g/mol. The fourth-order valence-electron chi connectivity index (χ4n) is 3.27. The summed E-state index contributed by atoms with van der Waals surface area (Å²) in [4.78, 5) is 30.3. The Hall–Kier alpha value is -2.81. The number of rotatable bonds is 7. The number of hydrogen-bond acceptors (Lipinski definition) is 8. The lowest BCUT2D eigenvalue weighted by Gasteiger charge is -2.18. The topological polar surface area (TPSA) is 96.0 Å². The van der Waals surface area contributed by atoms with Gasteiger partial charge in [-0.15, -0.1) is 11.3 Å². The number of esters is 1. The zero-order valence-corrected chi connectivity index (χ0v) is 17.7. The van der Waals surface area contributed by atoms with E-state index < -0.39 is 0 Å². The van der Waals surface area contributed by atoms with E-state index >= 15 is 0 Å². The molecule has 1 aromatic heterocycles. The van der Waals surface area contributed by atoms with Gasteiger partial charge < -0.3 is 18.9 Å². The van der Waals surface area contributed by atoms with Gasteiger partial charge in [-0.1, -0.05) is 0 Å². The fraction of sp³-hybridized carbons (Fsp3) is 0.450. The molecule has 0 aliphatic heterocycles. The molecule has 156 valence electrons. The number of thiazole rings is 1. The van der Waals surface area contributed by atoms with Crippen LogP contribution in [0, 0.1) is 5.92 Å².